The number of hydrogen-bond acceptors (Lipinski definition) is 1. The molecule has 4 heteroatoms. The van der Waals surface area contributed by atoms with E-state index >= 15 is 0 Å². The summed E-state index contributed by atoms with van der Waals surface area (Å²) < 4.78 is 13.5. The zero-order valence-electron chi connectivity index (χ0n) is 8.55. The number of aliphatic carboxylic acids is 1. The second-order valence-corrected chi connectivity index (χ2v) is 4.52. The Morgan fingerprint density at radius 3 is 2.60 bits per heavy atom. The molecule has 0 heterocycles. The Kier molecular flexibility index (Phi) is 3.35. The monoisotopic (exact) mass is 230 g/mol. The number of carbonyl (C=O) groups is 1. The van der Waals surface area contributed by atoms with Crippen LogP contribution in [0.15, 0.2) is 18.2 Å². The molecule has 0 spiro atoms. The number of hydrogen-bond donors (Lipinski definition) is 1. The summed E-state index contributed by atoms with van der Waals surface area (Å²) in [5.41, 5.74) is -0.366. The minimum absolute atomic E-state index is 0.119. The Hall–Kier alpha value is -1.09. The lowest BCUT2D eigenvalue weighted by Crippen LogP contribution is -2.23. The largest absolute Gasteiger partial charge is 0.481 e. The molecule has 0 saturated heterocycles. The van der Waals surface area contributed by atoms with E-state index in [9.17, 15) is 9.18 Å². The Bertz CT molecular complexity index is 388. The van der Waals surface area contributed by atoms with Crippen molar-refractivity contribution in [2.24, 2.45) is 0 Å². The molecule has 0 radical (unpaired) electrons. The first-order valence-electron chi connectivity index (χ1n) is 4.50. The highest BCUT2D eigenvalue weighted by Crippen LogP contribution is 2.30. The molecule has 0 atom stereocenters. The molecule has 15 heavy (non-hydrogen) atoms. The molecule has 0 fully saturated rings. The SMILES string of the molecule is CC(C)(CC(=O)O)c1ccc(Cl)cc1F. The van der Waals surface area contributed by atoms with Gasteiger partial charge in [0.2, 0.25) is 0 Å². The Morgan fingerprint density at radius 2 is 2.13 bits per heavy atom. The van der Waals surface area contributed by atoms with Crippen LogP contribution in [0, 0.1) is 5.82 Å². The molecule has 0 amide bonds. The summed E-state index contributed by atoms with van der Waals surface area (Å²) in [6.07, 6.45) is -0.119. The fourth-order valence-electron chi connectivity index (χ4n) is 1.51. The first kappa shape index (κ1) is 12.0. The van der Waals surface area contributed by atoms with Crippen molar-refractivity contribution in [1.29, 1.82) is 0 Å². The van der Waals surface area contributed by atoms with Crippen molar-refractivity contribution in [3.8, 4) is 0 Å². The Balaban J connectivity index is 3.09. The number of carboxylic acid groups (broad SMARTS) is 1. The van der Waals surface area contributed by atoms with E-state index in [1.54, 1.807) is 19.9 Å². The molecule has 1 aromatic carbocycles. The molecule has 0 aliphatic rings. The minimum atomic E-state index is -0.950. The van der Waals surface area contributed by atoms with Crippen LogP contribution in [-0.2, 0) is 10.2 Å². The molecule has 0 unspecified atom stereocenters. The van der Waals surface area contributed by atoms with Gasteiger partial charge in [0, 0.05) is 10.4 Å². The fourth-order valence-corrected chi connectivity index (χ4v) is 1.67. The summed E-state index contributed by atoms with van der Waals surface area (Å²) in [7, 11) is 0. The number of benzene rings is 1. The van der Waals surface area contributed by atoms with Gasteiger partial charge in [-0.1, -0.05) is 31.5 Å². The third kappa shape index (κ3) is 2.93. The molecule has 82 valence electrons. The third-order valence-electron chi connectivity index (χ3n) is 2.25. The van der Waals surface area contributed by atoms with Gasteiger partial charge in [0.15, 0.2) is 0 Å². The summed E-state index contributed by atoms with van der Waals surface area (Å²) >= 11 is 5.62. The van der Waals surface area contributed by atoms with Crippen LogP contribution in [0.2, 0.25) is 5.02 Å². The van der Waals surface area contributed by atoms with Gasteiger partial charge in [-0.2, -0.15) is 0 Å². The topological polar surface area (TPSA) is 37.3 Å². The van der Waals surface area contributed by atoms with Crippen molar-refractivity contribution in [3.05, 3.63) is 34.6 Å². The van der Waals surface area contributed by atoms with Gasteiger partial charge in [0.05, 0.1) is 6.42 Å². The van der Waals surface area contributed by atoms with Crippen LogP contribution in [0.4, 0.5) is 4.39 Å². The summed E-state index contributed by atoms with van der Waals surface area (Å²) in [5.74, 6) is -1.41. The highest BCUT2D eigenvalue weighted by atomic mass is 35.5. The van der Waals surface area contributed by atoms with Crippen molar-refractivity contribution in [1.82, 2.24) is 0 Å². The van der Waals surface area contributed by atoms with Crippen molar-refractivity contribution in [2.45, 2.75) is 25.7 Å². The van der Waals surface area contributed by atoms with Crippen LogP contribution < -0.4 is 0 Å². The Labute approximate surface area is 92.7 Å². The lowest BCUT2D eigenvalue weighted by Gasteiger charge is -2.23. The predicted molar refractivity (Wildman–Crippen MR) is 56.7 cm³/mol. The van der Waals surface area contributed by atoms with Crippen molar-refractivity contribution in [3.63, 3.8) is 0 Å². The van der Waals surface area contributed by atoms with E-state index in [1.807, 2.05) is 0 Å². The average molecular weight is 231 g/mol. The average Bonchev–Trinajstić information content (AvgIpc) is 1.99. The summed E-state index contributed by atoms with van der Waals surface area (Å²) in [4.78, 5) is 10.6. The van der Waals surface area contributed by atoms with Gasteiger partial charge < -0.3 is 5.11 Å². The second kappa shape index (κ2) is 4.19. The Morgan fingerprint density at radius 1 is 1.53 bits per heavy atom. The van der Waals surface area contributed by atoms with Crippen LogP contribution in [0.3, 0.4) is 0 Å². The molecule has 0 aliphatic carbocycles. The molecule has 2 nitrogen and oxygen atoms in total. The molecular weight excluding hydrogens is 219 g/mol. The van der Waals surface area contributed by atoms with E-state index in [1.165, 1.54) is 12.1 Å². The van der Waals surface area contributed by atoms with Crippen LogP contribution in [-0.4, -0.2) is 11.1 Å². The molecule has 0 aromatic heterocycles. The maximum Gasteiger partial charge on any atom is 0.304 e. The van der Waals surface area contributed by atoms with Crippen LogP contribution in [0.25, 0.3) is 0 Å². The van der Waals surface area contributed by atoms with E-state index < -0.39 is 17.2 Å². The highest BCUT2D eigenvalue weighted by molar-refractivity contribution is 6.30. The first-order chi connectivity index (χ1) is 6.83. The van der Waals surface area contributed by atoms with Gasteiger partial charge >= 0.3 is 5.97 Å². The molecule has 0 aliphatic heterocycles. The molecule has 0 saturated carbocycles. The second-order valence-electron chi connectivity index (χ2n) is 4.08. The summed E-state index contributed by atoms with van der Waals surface area (Å²) in [5, 5.41) is 9.02. The minimum Gasteiger partial charge on any atom is -0.481 e. The molecule has 0 bridgehead atoms. The van der Waals surface area contributed by atoms with Crippen molar-refractivity contribution in [2.75, 3.05) is 0 Å². The van der Waals surface area contributed by atoms with Crippen LogP contribution in [0.5, 0.6) is 0 Å². The van der Waals surface area contributed by atoms with E-state index in [0.29, 0.717) is 10.6 Å². The number of carboxylic acids is 1. The third-order valence-corrected chi connectivity index (χ3v) is 2.49. The van der Waals surface area contributed by atoms with Gasteiger partial charge in [-0.25, -0.2) is 4.39 Å². The highest BCUT2D eigenvalue weighted by Gasteiger charge is 2.27. The van der Waals surface area contributed by atoms with E-state index in [0.717, 1.165) is 0 Å². The van der Waals surface area contributed by atoms with E-state index in [2.05, 4.69) is 0 Å². The van der Waals surface area contributed by atoms with Gasteiger partial charge in [-0.3, -0.25) is 4.79 Å². The smallest absolute Gasteiger partial charge is 0.304 e. The summed E-state index contributed by atoms with van der Waals surface area (Å²) in [6, 6.07) is 4.28. The lowest BCUT2D eigenvalue weighted by atomic mass is 9.81. The lowest BCUT2D eigenvalue weighted by molar-refractivity contribution is -0.138. The normalized spacial score (nSPS) is 11.5. The van der Waals surface area contributed by atoms with Crippen molar-refractivity contribution >= 4 is 17.6 Å². The fraction of sp³-hybridized carbons (Fsp3) is 0.364. The zero-order valence-corrected chi connectivity index (χ0v) is 9.31. The maximum atomic E-state index is 13.5. The maximum absolute atomic E-state index is 13.5. The van der Waals surface area contributed by atoms with Gasteiger partial charge in [-0.05, 0) is 17.7 Å². The predicted octanol–water partition coefficient (Wildman–Crippen LogP) is 3.23. The van der Waals surface area contributed by atoms with E-state index in [4.69, 9.17) is 16.7 Å². The van der Waals surface area contributed by atoms with Gasteiger partial charge in [0.1, 0.15) is 5.82 Å². The molecular formula is C11H12ClFO2. The van der Waals surface area contributed by atoms with Crippen LogP contribution >= 0.6 is 11.6 Å². The summed E-state index contributed by atoms with van der Waals surface area (Å²) in [6.45, 7) is 3.38. The van der Waals surface area contributed by atoms with Crippen LogP contribution in [0.1, 0.15) is 25.8 Å². The quantitative estimate of drug-likeness (QED) is 0.866. The van der Waals surface area contributed by atoms with Crippen molar-refractivity contribution < 1.29 is 14.3 Å². The number of rotatable bonds is 3. The molecule has 1 aromatic rings. The zero-order chi connectivity index (χ0) is 11.6. The molecule has 1 rings (SSSR count). The number of halogens is 2. The van der Waals surface area contributed by atoms with Gasteiger partial charge in [0.25, 0.3) is 0 Å². The standard InChI is InChI=1S/C11H12ClFO2/c1-11(2,6-10(14)15)8-4-3-7(12)5-9(8)13/h3-5H,6H2,1-2H3,(H,14,15). The van der Waals surface area contributed by atoms with E-state index in [-0.39, 0.29) is 6.42 Å². The first-order valence-corrected chi connectivity index (χ1v) is 4.88. The van der Waals surface area contributed by atoms with Gasteiger partial charge in [-0.15, -0.1) is 0 Å². The molecule has 1 N–H and O–H groups in total.